The van der Waals surface area contributed by atoms with Crippen molar-refractivity contribution in [3.63, 3.8) is 0 Å². The standard InChI is InChI=1S/C14H16BrNO/c15-14(9-2-1-3-9)11-4-6-12-10(8-11)5-7-13(17)16-12/h4,6,8-9,14H,1-3,5,7H2,(H,16,17). The van der Waals surface area contributed by atoms with Crippen molar-refractivity contribution in [3.05, 3.63) is 29.3 Å². The molecule has 0 radical (unpaired) electrons. The number of halogens is 1. The van der Waals surface area contributed by atoms with Gasteiger partial charge in [0.2, 0.25) is 5.91 Å². The van der Waals surface area contributed by atoms with Crippen LogP contribution in [-0.2, 0) is 11.2 Å². The molecule has 90 valence electrons. The smallest absolute Gasteiger partial charge is 0.224 e. The Labute approximate surface area is 110 Å². The molecule has 0 saturated heterocycles. The number of benzene rings is 1. The van der Waals surface area contributed by atoms with Gasteiger partial charge in [-0.2, -0.15) is 0 Å². The van der Waals surface area contributed by atoms with Crippen LogP contribution >= 0.6 is 15.9 Å². The topological polar surface area (TPSA) is 29.1 Å². The van der Waals surface area contributed by atoms with Crippen LogP contribution in [0.4, 0.5) is 5.69 Å². The molecule has 1 aromatic carbocycles. The number of hydrogen-bond donors (Lipinski definition) is 1. The zero-order chi connectivity index (χ0) is 11.8. The van der Waals surface area contributed by atoms with E-state index < -0.39 is 0 Å². The molecule has 1 unspecified atom stereocenters. The normalized spacial score (nSPS) is 21.4. The molecule has 0 bridgehead atoms. The zero-order valence-electron chi connectivity index (χ0n) is 9.71. The summed E-state index contributed by atoms with van der Waals surface area (Å²) in [4.78, 5) is 11.8. The van der Waals surface area contributed by atoms with Crippen molar-refractivity contribution in [2.45, 2.75) is 36.9 Å². The lowest BCUT2D eigenvalue weighted by atomic mass is 9.80. The van der Waals surface area contributed by atoms with Crippen LogP contribution < -0.4 is 5.32 Å². The molecule has 1 N–H and O–H groups in total. The van der Waals surface area contributed by atoms with E-state index in [1.54, 1.807) is 0 Å². The Morgan fingerprint density at radius 1 is 1.29 bits per heavy atom. The van der Waals surface area contributed by atoms with Gasteiger partial charge in [0, 0.05) is 16.9 Å². The second-order valence-electron chi connectivity index (χ2n) is 5.06. The van der Waals surface area contributed by atoms with Gasteiger partial charge in [-0.15, -0.1) is 0 Å². The van der Waals surface area contributed by atoms with Gasteiger partial charge in [0.05, 0.1) is 0 Å². The predicted octanol–water partition coefficient (Wildman–Crippen LogP) is 3.81. The number of rotatable bonds is 2. The van der Waals surface area contributed by atoms with E-state index in [1.807, 2.05) is 0 Å². The van der Waals surface area contributed by atoms with Gasteiger partial charge in [-0.1, -0.05) is 34.5 Å². The highest BCUT2D eigenvalue weighted by atomic mass is 79.9. The van der Waals surface area contributed by atoms with Crippen molar-refractivity contribution < 1.29 is 4.79 Å². The molecular formula is C14H16BrNO. The molecule has 1 aliphatic heterocycles. The number of aryl methyl sites for hydroxylation is 1. The van der Waals surface area contributed by atoms with Crippen LogP contribution in [0.1, 0.15) is 41.6 Å². The van der Waals surface area contributed by atoms with E-state index in [-0.39, 0.29) is 5.91 Å². The number of amides is 1. The Bertz CT molecular complexity index is 454. The highest BCUT2D eigenvalue weighted by Gasteiger charge is 2.27. The van der Waals surface area contributed by atoms with E-state index in [4.69, 9.17) is 0 Å². The fourth-order valence-corrected chi connectivity index (χ4v) is 3.39. The molecule has 1 atom stereocenters. The fraction of sp³-hybridized carbons (Fsp3) is 0.500. The lowest BCUT2D eigenvalue weighted by Gasteiger charge is -2.31. The molecule has 0 spiro atoms. The first-order valence-corrected chi connectivity index (χ1v) is 7.22. The molecule has 1 saturated carbocycles. The number of carbonyl (C=O) groups excluding carboxylic acids is 1. The summed E-state index contributed by atoms with van der Waals surface area (Å²) >= 11 is 3.82. The second-order valence-corrected chi connectivity index (χ2v) is 6.04. The predicted molar refractivity (Wildman–Crippen MR) is 72.4 cm³/mol. The van der Waals surface area contributed by atoms with E-state index in [2.05, 4.69) is 39.4 Å². The third-order valence-corrected chi connectivity index (χ3v) is 5.18. The van der Waals surface area contributed by atoms with Crippen LogP contribution in [0.5, 0.6) is 0 Å². The highest BCUT2D eigenvalue weighted by Crippen LogP contribution is 2.43. The fourth-order valence-electron chi connectivity index (χ4n) is 2.58. The van der Waals surface area contributed by atoms with Gasteiger partial charge in [0.25, 0.3) is 0 Å². The van der Waals surface area contributed by atoms with Crippen molar-refractivity contribution >= 4 is 27.5 Å². The molecule has 3 heteroatoms. The van der Waals surface area contributed by atoms with Crippen molar-refractivity contribution in [2.24, 2.45) is 5.92 Å². The van der Waals surface area contributed by atoms with Crippen LogP contribution in [0.2, 0.25) is 0 Å². The lowest BCUT2D eigenvalue weighted by molar-refractivity contribution is -0.116. The average molecular weight is 294 g/mol. The number of carbonyl (C=O) groups is 1. The number of hydrogen-bond acceptors (Lipinski definition) is 1. The van der Waals surface area contributed by atoms with Crippen LogP contribution in [0.15, 0.2) is 18.2 Å². The molecule has 2 nitrogen and oxygen atoms in total. The van der Waals surface area contributed by atoms with Gasteiger partial charge >= 0.3 is 0 Å². The monoisotopic (exact) mass is 293 g/mol. The maximum Gasteiger partial charge on any atom is 0.224 e. The molecular weight excluding hydrogens is 278 g/mol. The molecule has 1 fully saturated rings. The molecule has 1 aliphatic carbocycles. The number of anilines is 1. The van der Waals surface area contributed by atoms with Gasteiger partial charge < -0.3 is 5.32 Å². The first kappa shape index (κ1) is 11.3. The molecule has 1 amide bonds. The van der Waals surface area contributed by atoms with E-state index in [0.29, 0.717) is 11.2 Å². The van der Waals surface area contributed by atoms with Crippen LogP contribution in [0.25, 0.3) is 0 Å². The lowest BCUT2D eigenvalue weighted by Crippen LogP contribution is -2.20. The maximum atomic E-state index is 11.3. The summed E-state index contributed by atoms with van der Waals surface area (Å²) in [5.41, 5.74) is 3.65. The molecule has 17 heavy (non-hydrogen) atoms. The summed E-state index contributed by atoms with van der Waals surface area (Å²) in [7, 11) is 0. The first-order chi connectivity index (χ1) is 8.24. The maximum absolute atomic E-state index is 11.3. The molecule has 1 heterocycles. The zero-order valence-corrected chi connectivity index (χ0v) is 11.3. The van der Waals surface area contributed by atoms with Crippen molar-refractivity contribution in [3.8, 4) is 0 Å². The Balaban J connectivity index is 1.85. The summed E-state index contributed by atoms with van der Waals surface area (Å²) < 4.78 is 0. The summed E-state index contributed by atoms with van der Waals surface area (Å²) in [6.45, 7) is 0. The Morgan fingerprint density at radius 2 is 2.12 bits per heavy atom. The molecule has 1 aromatic rings. The van der Waals surface area contributed by atoms with Crippen molar-refractivity contribution in [1.29, 1.82) is 0 Å². The summed E-state index contributed by atoms with van der Waals surface area (Å²) in [6.07, 6.45) is 5.54. The van der Waals surface area contributed by atoms with Crippen LogP contribution in [0, 0.1) is 5.92 Å². The number of fused-ring (bicyclic) bond motifs is 1. The van der Waals surface area contributed by atoms with Gasteiger partial charge in [-0.05, 0) is 42.4 Å². The van der Waals surface area contributed by atoms with Crippen molar-refractivity contribution in [2.75, 3.05) is 5.32 Å². The average Bonchev–Trinajstić information content (AvgIpc) is 2.26. The summed E-state index contributed by atoms with van der Waals surface area (Å²) in [5, 5.41) is 2.93. The second kappa shape index (κ2) is 4.45. The number of alkyl halides is 1. The van der Waals surface area contributed by atoms with Crippen LogP contribution in [0.3, 0.4) is 0 Å². The van der Waals surface area contributed by atoms with Gasteiger partial charge in [0.1, 0.15) is 0 Å². The van der Waals surface area contributed by atoms with E-state index in [9.17, 15) is 4.79 Å². The number of nitrogens with one attached hydrogen (secondary N) is 1. The van der Waals surface area contributed by atoms with Crippen LogP contribution in [-0.4, -0.2) is 5.91 Å². The Hall–Kier alpha value is -0.830. The van der Waals surface area contributed by atoms with E-state index in [0.717, 1.165) is 18.0 Å². The quantitative estimate of drug-likeness (QED) is 0.826. The summed E-state index contributed by atoms with van der Waals surface area (Å²) in [6, 6.07) is 6.45. The third-order valence-electron chi connectivity index (χ3n) is 3.91. The molecule has 0 aromatic heterocycles. The SMILES string of the molecule is O=C1CCc2cc(C(Br)C3CCC3)ccc2N1. The van der Waals surface area contributed by atoms with E-state index >= 15 is 0 Å². The van der Waals surface area contributed by atoms with Gasteiger partial charge in [-0.25, -0.2) is 0 Å². The largest absolute Gasteiger partial charge is 0.326 e. The Morgan fingerprint density at radius 3 is 2.82 bits per heavy atom. The van der Waals surface area contributed by atoms with E-state index in [1.165, 1.54) is 30.4 Å². The van der Waals surface area contributed by atoms with Gasteiger partial charge in [-0.3, -0.25) is 4.79 Å². The third kappa shape index (κ3) is 2.13. The first-order valence-electron chi connectivity index (χ1n) is 6.31. The minimum Gasteiger partial charge on any atom is -0.326 e. The minimum atomic E-state index is 0.139. The van der Waals surface area contributed by atoms with Crippen molar-refractivity contribution in [1.82, 2.24) is 0 Å². The Kier molecular flexibility index (Phi) is 2.95. The van der Waals surface area contributed by atoms with Gasteiger partial charge in [0.15, 0.2) is 0 Å². The molecule has 3 rings (SSSR count). The minimum absolute atomic E-state index is 0.139. The summed E-state index contributed by atoms with van der Waals surface area (Å²) in [5.74, 6) is 0.936. The molecule has 2 aliphatic rings. The highest BCUT2D eigenvalue weighted by molar-refractivity contribution is 9.09.